The van der Waals surface area contributed by atoms with E-state index in [4.69, 9.17) is 0 Å². The minimum absolute atomic E-state index is 0.854. The SMILES string of the molecule is CCN(C)CCNCc1nc[nH]c1C. The van der Waals surface area contributed by atoms with Gasteiger partial charge in [-0.2, -0.15) is 0 Å². The Labute approximate surface area is 85.7 Å². The molecule has 4 heteroatoms. The first-order chi connectivity index (χ1) is 6.74. The van der Waals surface area contributed by atoms with E-state index in [2.05, 4.69) is 34.2 Å². The molecular formula is C10H20N4. The van der Waals surface area contributed by atoms with Gasteiger partial charge in [0.15, 0.2) is 0 Å². The average Bonchev–Trinajstić information content (AvgIpc) is 2.58. The summed E-state index contributed by atoms with van der Waals surface area (Å²) < 4.78 is 0. The summed E-state index contributed by atoms with van der Waals surface area (Å²) >= 11 is 0. The Kier molecular flexibility index (Phi) is 4.62. The average molecular weight is 196 g/mol. The van der Waals surface area contributed by atoms with Crippen molar-refractivity contribution in [2.24, 2.45) is 0 Å². The molecule has 80 valence electrons. The van der Waals surface area contributed by atoms with E-state index in [0.29, 0.717) is 0 Å². The number of hydrogen-bond acceptors (Lipinski definition) is 3. The molecule has 1 heterocycles. The number of aromatic amines is 1. The summed E-state index contributed by atoms with van der Waals surface area (Å²) in [4.78, 5) is 9.57. The third-order valence-electron chi connectivity index (χ3n) is 2.44. The van der Waals surface area contributed by atoms with E-state index in [0.717, 1.165) is 37.6 Å². The first-order valence-electron chi connectivity index (χ1n) is 5.12. The van der Waals surface area contributed by atoms with Crippen molar-refractivity contribution in [3.05, 3.63) is 17.7 Å². The quantitative estimate of drug-likeness (QED) is 0.660. The molecule has 0 aromatic carbocycles. The summed E-state index contributed by atoms with van der Waals surface area (Å²) in [6.07, 6.45) is 1.74. The predicted molar refractivity (Wildman–Crippen MR) is 58.2 cm³/mol. The van der Waals surface area contributed by atoms with Crippen LogP contribution in [0, 0.1) is 6.92 Å². The number of H-pyrrole nitrogens is 1. The summed E-state index contributed by atoms with van der Waals surface area (Å²) in [5.74, 6) is 0. The van der Waals surface area contributed by atoms with E-state index in [1.54, 1.807) is 6.33 Å². The van der Waals surface area contributed by atoms with Crippen LogP contribution >= 0.6 is 0 Å². The maximum absolute atomic E-state index is 4.22. The van der Waals surface area contributed by atoms with E-state index in [-0.39, 0.29) is 0 Å². The van der Waals surface area contributed by atoms with Crippen LogP contribution in [0.4, 0.5) is 0 Å². The zero-order valence-corrected chi connectivity index (χ0v) is 9.30. The van der Waals surface area contributed by atoms with Gasteiger partial charge in [-0.05, 0) is 20.5 Å². The molecule has 0 unspecified atom stereocenters. The number of aryl methyl sites for hydroxylation is 1. The Morgan fingerprint density at radius 2 is 2.36 bits per heavy atom. The van der Waals surface area contributed by atoms with Crippen molar-refractivity contribution in [1.82, 2.24) is 20.2 Å². The zero-order valence-electron chi connectivity index (χ0n) is 9.30. The largest absolute Gasteiger partial charge is 0.348 e. The number of hydrogen-bond donors (Lipinski definition) is 2. The maximum Gasteiger partial charge on any atom is 0.0925 e. The molecule has 0 bridgehead atoms. The molecule has 1 aromatic heterocycles. The van der Waals surface area contributed by atoms with Crippen LogP contribution in [0.25, 0.3) is 0 Å². The Balaban J connectivity index is 2.13. The molecule has 0 saturated heterocycles. The lowest BCUT2D eigenvalue weighted by atomic mass is 10.3. The van der Waals surface area contributed by atoms with Crippen LogP contribution in [0.15, 0.2) is 6.33 Å². The standard InChI is InChI=1S/C10H20N4/c1-4-14(3)6-5-11-7-10-9(2)12-8-13-10/h8,11H,4-7H2,1-3H3,(H,12,13). The Morgan fingerprint density at radius 1 is 1.57 bits per heavy atom. The van der Waals surface area contributed by atoms with Crippen molar-refractivity contribution >= 4 is 0 Å². The molecule has 0 radical (unpaired) electrons. The van der Waals surface area contributed by atoms with Crippen molar-refractivity contribution in [2.75, 3.05) is 26.7 Å². The van der Waals surface area contributed by atoms with Crippen molar-refractivity contribution in [2.45, 2.75) is 20.4 Å². The van der Waals surface area contributed by atoms with Gasteiger partial charge < -0.3 is 15.2 Å². The van der Waals surface area contributed by atoms with E-state index >= 15 is 0 Å². The summed E-state index contributed by atoms with van der Waals surface area (Å²) in [5, 5.41) is 3.37. The number of rotatable bonds is 6. The Hall–Kier alpha value is -0.870. The van der Waals surface area contributed by atoms with Gasteiger partial charge in [0.2, 0.25) is 0 Å². The zero-order chi connectivity index (χ0) is 10.4. The van der Waals surface area contributed by atoms with Gasteiger partial charge in [-0.25, -0.2) is 4.98 Å². The first kappa shape index (κ1) is 11.2. The molecule has 14 heavy (non-hydrogen) atoms. The van der Waals surface area contributed by atoms with Crippen LogP contribution in [0.5, 0.6) is 0 Å². The minimum atomic E-state index is 0.854. The van der Waals surface area contributed by atoms with E-state index < -0.39 is 0 Å². The molecule has 0 atom stereocenters. The summed E-state index contributed by atoms with van der Waals surface area (Å²) in [5.41, 5.74) is 2.27. The second-order valence-electron chi connectivity index (χ2n) is 3.55. The highest BCUT2D eigenvalue weighted by atomic mass is 15.1. The van der Waals surface area contributed by atoms with Gasteiger partial charge in [-0.15, -0.1) is 0 Å². The van der Waals surface area contributed by atoms with Gasteiger partial charge in [0.1, 0.15) is 0 Å². The van der Waals surface area contributed by atoms with E-state index in [1.165, 1.54) is 0 Å². The molecule has 0 saturated carbocycles. The first-order valence-corrected chi connectivity index (χ1v) is 5.12. The Morgan fingerprint density at radius 3 is 2.93 bits per heavy atom. The highest BCUT2D eigenvalue weighted by molar-refractivity contribution is 5.07. The molecule has 0 amide bonds. The molecule has 0 fully saturated rings. The van der Waals surface area contributed by atoms with Crippen molar-refractivity contribution in [3.63, 3.8) is 0 Å². The highest BCUT2D eigenvalue weighted by Crippen LogP contribution is 1.98. The highest BCUT2D eigenvalue weighted by Gasteiger charge is 1.99. The maximum atomic E-state index is 4.22. The lowest BCUT2D eigenvalue weighted by Crippen LogP contribution is -2.28. The lowest BCUT2D eigenvalue weighted by Gasteiger charge is -2.13. The predicted octanol–water partition coefficient (Wildman–Crippen LogP) is 0.759. The van der Waals surface area contributed by atoms with Crippen LogP contribution in [0.3, 0.4) is 0 Å². The molecule has 0 aliphatic carbocycles. The monoisotopic (exact) mass is 196 g/mol. The third-order valence-corrected chi connectivity index (χ3v) is 2.44. The third kappa shape index (κ3) is 3.47. The van der Waals surface area contributed by atoms with Crippen LogP contribution in [0.2, 0.25) is 0 Å². The van der Waals surface area contributed by atoms with Crippen LogP contribution < -0.4 is 5.32 Å². The fourth-order valence-electron chi connectivity index (χ4n) is 1.20. The van der Waals surface area contributed by atoms with Gasteiger partial charge in [0, 0.05) is 25.3 Å². The molecule has 1 aromatic rings. The van der Waals surface area contributed by atoms with E-state index in [1.807, 2.05) is 6.92 Å². The van der Waals surface area contributed by atoms with Gasteiger partial charge >= 0.3 is 0 Å². The smallest absolute Gasteiger partial charge is 0.0925 e. The molecule has 2 N–H and O–H groups in total. The summed E-state index contributed by atoms with van der Waals surface area (Å²) in [7, 11) is 2.13. The van der Waals surface area contributed by atoms with E-state index in [9.17, 15) is 0 Å². The van der Waals surface area contributed by atoms with Crippen molar-refractivity contribution in [3.8, 4) is 0 Å². The lowest BCUT2D eigenvalue weighted by molar-refractivity contribution is 0.348. The molecule has 0 spiro atoms. The van der Waals surface area contributed by atoms with Gasteiger partial charge in [-0.1, -0.05) is 6.92 Å². The normalized spacial score (nSPS) is 11.1. The molecular weight excluding hydrogens is 176 g/mol. The van der Waals surface area contributed by atoms with Crippen molar-refractivity contribution in [1.29, 1.82) is 0 Å². The number of likely N-dealkylation sites (N-methyl/N-ethyl adjacent to an activating group) is 1. The second-order valence-corrected chi connectivity index (χ2v) is 3.55. The second kappa shape index (κ2) is 5.78. The van der Waals surface area contributed by atoms with Gasteiger partial charge in [-0.3, -0.25) is 0 Å². The molecule has 0 aliphatic heterocycles. The van der Waals surface area contributed by atoms with Crippen LogP contribution in [-0.4, -0.2) is 41.5 Å². The fraction of sp³-hybridized carbons (Fsp3) is 0.700. The van der Waals surface area contributed by atoms with Gasteiger partial charge in [0.05, 0.1) is 12.0 Å². The minimum Gasteiger partial charge on any atom is -0.348 e. The molecule has 4 nitrogen and oxygen atoms in total. The van der Waals surface area contributed by atoms with Crippen molar-refractivity contribution < 1.29 is 0 Å². The summed E-state index contributed by atoms with van der Waals surface area (Å²) in [6, 6.07) is 0. The summed E-state index contributed by atoms with van der Waals surface area (Å²) in [6.45, 7) is 8.26. The fourth-order valence-corrected chi connectivity index (χ4v) is 1.20. The van der Waals surface area contributed by atoms with Crippen LogP contribution in [-0.2, 0) is 6.54 Å². The van der Waals surface area contributed by atoms with Crippen LogP contribution in [0.1, 0.15) is 18.3 Å². The molecule has 1 rings (SSSR count). The Bertz CT molecular complexity index is 256. The molecule has 0 aliphatic rings. The number of nitrogens with zero attached hydrogens (tertiary/aromatic N) is 2. The topological polar surface area (TPSA) is 44.0 Å². The number of imidazole rings is 1. The number of aromatic nitrogens is 2. The van der Waals surface area contributed by atoms with Gasteiger partial charge in [0.25, 0.3) is 0 Å². The number of nitrogens with one attached hydrogen (secondary N) is 2.